The van der Waals surface area contributed by atoms with Crippen LogP contribution in [0.1, 0.15) is 36.8 Å². The van der Waals surface area contributed by atoms with Crippen LogP contribution in [-0.2, 0) is 9.47 Å². The van der Waals surface area contributed by atoms with Crippen LogP contribution in [0.3, 0.4) is 0 Å². The number of hydrogen-bond acceptors (Lipinski definition) is 7. The lowest BCUT2D eigenvalue weighted by Gasteiger charge is -2.15. The Bertz CT molecular complexity index is 673. The molecule has 2 unspecified atom stereocenters. The maximum absolute atomic E-state index is 11.9. The quantitative estimate of drug-likeness (QED) is 0.854. The van der Waals surface area contributed by atoms with Gasteiger partial charge in [0.1, 0.15) is 10.6 Å². The third-order valence-corrected chi connectivity index (χ3v) is 4.65. The van der Waals surface area contributed by atoms with Gasteiger partial charge in [-0.15, -0.1) is 11.3 Å². The second kappa shape index (κ2) is 6.58. The Morgan fingerprint density at radius 1 is 1.45 bits per heavy atom. The first-order valence-corrected chi connectivity index (χ1v) is 8.31. The normalized spacial score (nSPS) is 21.2. The van der Waals surface area contributed by atoms with E-state index in [0.29, 0.717) is 24.6 Å². The van der Waals surface area contributed by atoms with Gasteiger partial charge in [0.05, 0.1) is 18.1 Å². The van der Waals surface area contributed by atoms with Crippen molar-refractivity contribution in [3.8, 4) is 0 Å². The molecule has 6 nitrogen and oxygen atoms in total. The summed E-state index contributed by atoms with van der Waals surface area (Å²) in [6.45, 7) is 2.08. The smallest absolute Gasteiger partial charge is 0.376 e. The molecule has 0 aliphatic heterocycles. The average Bonchev–Trinajstić information content (AvgIpc) is 3.15. The fourth-order valence-electron chi connectivity index (χ4n) is 2.73. The Kier molecular flexibility index (Phi) is 4.54. The third-order valence-electron chi connectivity index (χ3n) is 3.84. The van der Waals surface area contributed by atoms with Gasteiger partial charge in [0, 0.05) is 13.2 Å². The van der Waals surface area contributed by atoms with Crippen molar-refractivity contribution >= 4 is 33.3 Å². The third kappa shape index (κ3) is 3.05. The van der Waals surface area contributed by atoms with Gasteiger partial charge in [0.2, 0.25) is 5.82 Å². The predicted octanol–water partition coefficient (Wildman–Crippen LogP) is 2.85. The first-order valence-electron chi connectivity index (χ1n) is 7.43. The molecule has 2 aromatic rings. The van der Waals surface area contributed by atoms with E-state index in [9.17, 15) is 4.79 Å². The summed E-state index contributed by atoms with van der Waals surface area (Å²) in [5.74, 6) is 0.332. The molecule has 1 N–H and O–H groups in total. The number of nitrogens with one attached hydrogen (secondary N) is 1. The Balaban J connectivity index is 1.87. The second-order valence-electron chi connectivity index (χ2n) is 5.27. The van der Waals surface area contributed by atoms with Crippen LogP contribution in [0.25, 0.3) is 10.2 Å². The van der Waals surface area contributed by atoms with E-state index in [1.54, 1.807) is 14.0 Å². The summed E-state index contributed by atoms with van der Waals surface area (Å²) in [4.78, 5) is 21.4. The molecular weight excluding hydrogens is 302 g/mol. The highest BCUT2D eigenvalue weighted by molar-refractivity contribution is 7.16. The largest absolute Gasteiger partial charge is 0.460 e. The molecule has 2 heterocycles. The molecule has 1 aliphatic rings. The minimum absolute atomic E-state index is 0.112. The molecule has 0 aromatic carbocycles. The van der Waals surface area contributed by atoms with Crippen molar-refractivity contribution in [3.63, 3.8) is 0 Å². The summed E-state index contributed by atoms with van der Waals surface area (Å²) in [7, 11) is 1.74. The van der Waals surface area contributed by atoms with Crippen LogP contribution >= 0.6 is 11.3 Å². The molecule has 0 radical (unpaired) electrons. The number of fused-ring (bicyclic) bond motifs is 1. The molecule has 1 aliphatic carbocycles. The zero-order chi connectivity index (χ0) is 15.5. The Morgan fingerprint density at radius 3 is 3.05 bits per heavy atom. The highest BCUT2D eigenvalue weighted by Crippen LogP contribution is 2.29. The Morgan fingerprint density at radius 2 is 2.32 bits per heavy atom. The van der Waals surface area contributed by atoms with E-state index in [2.05, 4.69) is 15.3 Å². The first kappa shape index (κ1) is 15.2. The van der Waals surface area contributed by atoms with Crippen molar-refractivity contribution in [2.24, 2.45) is 0 Å². The maximum atomic E-state index is 11.9. The molecule has 0 amide bonds. The highest BCUT2D eigenvalue weighted by atomic mass is 32.1. The summed E-state index contributed by atoms with van der Waals surface area (Å²) in [6, 6.07) is 2.28. The molecule has 1 saturated carbocycles. The molecule has 2 aromatic heterocycles. The summed E-state index contributed by atoms with van der Waals surface area (Å²) in [5.41, 5.74) is 0. The summed E-state index contributed by atoms with van der Waals surface area (Å²) < 4.78 is 10.4. The topological polar surface area (TPSA) is 73.3 Å². The van der Waals surface area contributed by atoms with Crippen LogP contribution < -0.4 is 5.32 Å². The number of aromatic nitrogens is 2. The molecule has 1 fully saturated rings. The monoisotopic (exact) mass is 321 g/mol. The van der Waals surface area contributed by atoms with E-state index in [-0.39, 0.29) is 5.82 Å². The zero-order valence-electron chi connectivity index (χ0n) is 12.7. The van der Waals surface area contributed by atoms with Crippen LogP contribution in [0.5, 0.6) is 0 Å². The van der Waals surface area contributed by atoms with E-state index < -0.39 is 5.97 Å². The molecule has 2 atom stereocenters. The summed E-state index contributed by atoms with van der Waals surface area (Å²) in [6.07, 6.45) is 3.31. The van der Waals surface area contributed by atoms with Gasteiger partial charge in [0.25, 0.3) is 0 Å². The van der Waals surface area contributed by atoms with Gasteiger partial charge in [-0.1, -0.05) is 0 Å². The number of anilines is 1. The maximum Gasteiger partial charge on any atom is 0.376 e. The SMILES string of the molecule is CCOC(=O)c1nc(NC2CCC(OC)C2)c2ccsc2n1. The lowest BCUT2D eigenvalue weighted by atomic mass is 10.2. The Labute approximate surface area is 132 Å². The molecule has 0 saturated heterocycles. The fraction of sp³-hybridized carbons (Fsp3) is 0.533. The minimum atomic E-state index is -0.484. The summed E-state index contributed by atoms with van der Waals surface area (Å²) in [5, 5.41) is 6.33. The van der Waals surface area contributed by atoms with Gasteiger partial charge in [-0.25, -0.2) is 14.8 Å². The van der Waals surface area contributed by atoms with Gasteiger partial charge >= 0.3 is 5.97 Å². The van der Waals surface area contributed by atoms with Gasteiger partial charge in [0.15, 0.2) is 0 Å². The van der Waals surface area contributed by atoms with E-state index in [1.807, 2.05) is 11.4 Å². The van der Waals surface area contributed by atoms with Crippen LogP contribution in [0.2, 0.25) is 0 Å². The van der Waals surface area contributed by atoms with Crippen molar-refractivity contribution in [2.75, 3.05) is 19.0 Å². The van der Waals surface area contributed by atoms with Crippen molar-refractivity contribution in [1.82, 2.24) is 9.97 Å². The number of carbonyl (C=O) groups excluding carboxylic acids is 1. The number of carbonyl (C=O) groups is 1. The molecule has 0 bridgehead atoms. The number of rotatable bonds is 5. The number of ether oxygens (including phenoxy) is 2. The molecule has 118 valence electrons. The molecular formula is C15H19N3O3S. The van der Waals surface area contributed by atoms with Crippen molar-refractivity contribution in [3.05, 3.63) is 17.3 Å². The van der Waals surface area contributed by atoms with Crippen LogP contribution in [-0.4, -0.2) is 41.8 Å². The number of nitrogens with zero attached hydrogens (tertiary/aromatic N) is 2. The lowest BCUT2D eigenvalue weighted by molar-refractivity contribution is 0.0512. The zero-order valence-corrected chi connectivity index (χ0v) is 13.5. The van der Waals surface area contributed by atoms with E-state index in [1.165, 1.54) is 11.3 Å². The number of methoxy groups -OCH3 is 1. The first-order chi connectivity index (χ1) is 10.7. The van der Waals surface area contributed by atoms with Gasteiger partial charge < -0.3 is 14.8 Å². The van der Waals surface area contributed by atoms with Crippen LogP contribution in [0.4, 0.5) is 5.82 Å². The molecule has 3 rings (SSSR count). The Hall–Kier alpha value is -1.73. The van der Waals surface area contributed by atoms with Crippen LogP contribution in [0, 0.1) is 0 Å². The fourth-order valence-corrected chi connectivity index (χ4v) is 3.49. The minimum Gasteiger partial charge on any atom is -0.460 e. The number of esters is 1. The standard InChI is InChI=1S/C15H19N3O3S/c1-3-21-15(19)13-17-12(11-6-7-22-14(11)18-13)16-9-4-5-10(8-9)20-2/h6-7,9-10H,3-5,8H2,1-2H3,(H,16,17,18). The average molecular weight is 321 g/mol. The highest BCUT2D eigenvalue weighted by Gasteiger charge is 2.26. The number of hydrogen-bond donors (Lipinski definition) is 1. The summed E-state index contributed by atoms with van der Waals surface area (Å²) >= 11 is 1.49. The second-order valence-corrected chi connectivity index (χ2v) is 6.16. The van der Waals surface area contributed by atoms with Crippen molar-refractivity contribution < 1.29 is 14.3 Å². The van der Waals surface area contributed by atoms with Gasteiger partial charge in [-0.05, 0) is 37.6 Å². The van der Waals surface area contributed by atoms with Gasteiger partial charge in [-0.3, -0.25) is 0 Å². The molecule has 7 heteroatoms. The molecule has 0 spiro atoms. The van der Waals surface area contributed by atoms with E-state index in [4.69, 9.17) is 9.47 Å². The van der Waals surface area contributed by atoms with E-state index in [0.717, 1.165) is 29.5 Å². The van der Waals surface area contributed by atoms with Crippen molar-refractivity contribution in [1.29, 1.82) is 0 Å². The molecule has 22 heavy (non-hydrogen) atoms. The predicted molar refractivity (Wildman–Crippen MR) is 85.4 cm³/mol. The number of thiophene rings is 1. The lowest BCUT2D eigenvalue weighted by Crippen LogP contribution is -2.19. The van der Waals surface area contributed by atoms with Gasteiger partial charge in [-0.2, -0.15) is 0 Å². The van der Waals surface area contributed by atoms with E-state index >= 15 is 0 Å². The van der Waals surface area contributed by atoms with Crippen LogP contribution in [0.15, 0.2) is 11.4 Å². The van der Waals surface area contributed by atoms with Crippen molar-refractivity contribution in [2.45, 2.75) is 38.3 Å².